The second-order valence-corrected chi connectivity index (χ2v) is 7.08. The smallest absolute Gasteiger partial charge is 0.140 e. The fourth-order valence-corrected chi connectivity index (χ4v) is 1.36. The van der Waals surface area contributed by atoms with Crippen LogP contribution in [0.25, 0.3) is 0 Å². The first-order valence-electron chi connectivity index (χ1n) is 10.0. The summed E-state index contributed by atoms with van der Waals surface area (Å²) in [7, 11) is 1.85. The van der Waals surface area contributed by atoms with E-state index < -0.39 is 5.92 Å². The maximum Gasteiger partial charge on any atom is 0.140 e. The number of rotatable bonds is 6. The van der Waals surface area contributed by atoms with Gasteiger partial charge in [-0.05, 0) is 25.7 Å². The monoisotopic (exact) mass is 368 g/mol. The van der Waals surface area contributed by atoms with Crippen molar-refractivity contribution in [3.8, 4) is 0 Å². The van der Waals surface area contributed by atoms with Gasteiger partial charge in [-0.25, -0.2) is 4.98 Å². The van der Waals surface area contributed by atoms with E-state index in [1.807, 2.05) is 25.5 Å². The summed E-state index contributed by atoms with van der Waals surface area (Å²) in [5.41, 5.74) is 0.903. The Morgan fingerprint density at radius 2 is 1.31 bits per heavy atom. The van der Waals surface area contributed by atoms with Crippen LogP contribution in [0, 0.1) is 17.8 Å². The number of Topliss-reactive ketones (excluding diaryl/α,β-unsaturated/α-hetero) is 2. The van der Waals surface area contributed by atoms with Crippen molar-refractivity contribution in [2.75, 3.05) is 0 Å². The van der Waals surface area contributed by atoms with Gasteiger partial charge in [0.05, 0.1) is 12.2 Å². The molecule has 1 aromatic rings. The number of carbonyl (C=O) groups excluding carboxylic acids is 2. The zero-order valence-electron chi connectivity index (χ0n) is 19.2. The van der Waals surface area contributed by atoms with Crippen LogP contribution < -0.4 is 0 Å². The lowest BCUT2D eigenvalue weighted by Crippen LogP contribution is -2.22. The topological polar surface area (TPSA) is 52.0 Å². The summed E-state index contributed by atoms with van der Waals surface area (Å²) >= 11 is 0. The molecule has 0 saturated heterocycles. The molecule has 0 aliphatic carbocycles. The van der Waals surface area contributed by atoms with Crippen molar-refractivity contribution >= 4 is 11.6 Å². The first-order valence-corrected chi connectivity index (χ1v) is 10.0. The van der Waals surface area contributed by atoms with Crippen molar-refractivity contribution in [1.82, 2.24) is 9.55 Å². The Bertz CT molecular complexity index is 440. The summed E-state index contributed by atoms with van der Waals surface area (Å²) < 4.78 is 1.82. The lowest BCUT2D eigenvalue weighted by molar-refractivity contribution is -0.130. The van der Waals surface area contributed by atoms with Crippen molar-refractivity contribution in [2.24, 2.45) is 24.8 Å². The average molecular weight is 369 g/mol. The van der Waals surface area contributed by atoms with Gasteiger partial charge in [-0.3, -0.25) is 9.59 Å². The van der Waals surface area contributed by atoms with E-state index in [2.05, 4.69) is 46.5 Å². The highest BCUT2D eigenvalue weighted by Gasteiger charge is 2.20. The quantitative estimate of drug-likeness (QED) is 0.588. The highest BCUT2D eigenvalue weighted by molar-refractivity contribution is 6.00. The molecule has 0 aromatic carbocycles. The molecule has 0 spiro atoms. The Hall–Kier alpha value is -1.45. The molecular formula is C22H44N2O2. The molecule has 0 aliphatic heterocycles. The largest absolute Gasteiger partial charge is 0.338 e. The number of aryl methyl sites for hydroxylation is 1. The van der Waals surface area contributed by atoms with Crippen LogP contribution >= 0.6 is 0 Å². The summed E-state index contributed by atoms with van der Waals surface area (Å²) in [4.78, 5) is 26.3. The molecule has 0 unspecified atom stereocenters. The summed E-state index contributed by atoms with van der Waals surface area (Å²) in [5, 5.41) is 0. The van der Waals surface area contributed by atoms with Crippen molar-refractivity contribution in [3.05, 3.63) is 18.2 Å². The summed E-state index contributed by atoms with van der Waals surface area (Å²) in [5.74, 6) is 1.08. The predicted molar refractivity (Wildman–Crippen MR) is 113 cm³/mol. The van der Waals surface area contributed by atoms with E-state index in [9.17, 15) is 9.59 Å². The number of carbonyl (C=O) groups is 2. The second kappa shape index (κ2) is 18.3. The molecule has 4 nitrogen and oxygen atoms in total. The highest BCUT2D eigenvalue weighted by Crippen LogP contribution is 2.10. The number of aromatic nitrogens is 2. The van der Waals surface area contributed by atoms with Crippen molar-refractivity contribution < 1.29 is 9.59 Å². The van der Waals surface area contributed by atoms with E-state index in [1.54, 1.807) is 12.5 Å². The second-order valence-electron chi connectivity index (χ2n) is 7.08. The van der Waals surface area contributed by atoms with E-state index in [0.29, 0.717) is 6.42 Å². The third-order valence-electron chi connectivity index (χ3n) is 3.94. The molecule has 1 heterocycles. The average Bonchev–Trinajstić information content (AvgIpc) is 2.99. The molecule has 0 atom stereocenters. The van der Waals surface area contributed by atoms with Crippen LogP contribution in [0.5, 0.6) is 0 Å². The third-order valence-corrected chi connectivity index (χ3v) is 3.94. The molecule has 26 heavy (non-hydrogen) atoms. The van der Waals surface area contributed by atoms with Gasteiger partial charge in [-0.2, -0.15) is 0 Å². The number of hydrogen-bond donors (Lipinski definition) is 0. The molecule has 0 N–H and O–H groups in total. The molecular weight excluding hydrogens is 324 g/mol. The molecule has 0 bridgehead atoms. The number of imidazole rings is 1. The fourth-order valence-electron chi connectivity index (χ4n) is 1.36. The van der Waals surface area contributed by atoms with E-state index in [0.717, 1.165) is 17.5 Å². The van der Waals surface area contributed by atoms with Gasteiger partial charge in [0.25, 0.3) is 0 Å². The lowest BCUT2D eigenvalue weighted by atomic mass is 9.95. The molecule has 1 rings (SSSR count). The van der Waals surface area contributed by atoms with Gasteiger partial charge in [0, 0.05) is 25.4 Å². The maximum absolute atomic E-state index is 11.2. The SMILES string of the molecule is CC.CC(=O)C(Cc1cncn1C)C(C)=O.CCC(C)C.CCC(C)C. The van der Waals surface area contributed by atoms with Gasteiger partial charge in [-0.15, -0.1) is 0 Å². The van der Waals surface area contributed by atoms with Crippen LogP contribution in [0.2, 0.25) is 0 Å². The van der Waals surface area contributed by atoms with Crippen LogP contribution in [-0.2, 0) is 23.1 Å². The first kappa shape index (κ1) is 29.3. The molecule has 0 saturated carbocycles. The molecule has 0 radical (unpaired) electrons. The maximum atomic E-state index is 11.2. The zero-order chi connectivity index (χ0) is 21.3. The van der Waals surface area contributed by atoms with E-state index in [4.69, 9.17) is 0 Å². The first-order chi connectivity index (χ1) is 12.1. The minimum absolute atomic E-state index is 0.0845. The third kappa shape index (κ3) is 17.4. The van der Waals surface area contributed by atoms with Crippen LogP contribution in [-0.4, -0.2) is 21.1 Å². The summed E-state index contributed by atoms with van der Waals surface area (Å²) in [6, 6.07) is 0. The Balaban J connectivity index is -0.000000366. The fraction of sp³-hybridized carbons (Fsp3) is 0.773. The minimum Gasteiger partial charge on any atom is -0.338 e. The van der Waals surface area contributed by atoms with Gasteiger partial charge < -0.3 is 4.57 Å². The van der Waals surface area contributed by atoms with Crippen molar-refractivity contribution in [2.45, 2.75) is 88.5 Å². The normalized spacial score (nSPS) is 9.62. The van der Waals surface area contributed by atoms with Gasteiger partial charge in [0.1, 0.15) is 11.6 Å². The van der Waals surface area contributed by atoms with Crippen LogP contribution in [0.15, 0.2) is 12.5 Å². The highest BCUT2D eigenvalue weighted by atomic mass is 16.1. The predicted octanol–water partition coefficient (Wildman–Crippen LogP) is 5.89. The Morgan fingerprint density at radius 3 is 1.50 bits per heavy atom. The van der Waals surface area contributed by atoms with E-state index in [1.165, 1.54) is 26.7 Å². The standard InChI is InChI=1S/C10H14N2O2.2C5H12.C2H6/c1-7(13)10(8(2)14)4-9-5-11-6-12(9)3;2*1-4-5(2)3;1-2/h5-6,10H,4H2,1-3H3;2*5H,4H2,1-3H3;1-2H3. The molecule has 0 fully saturated rings. The van der Waals surface area contributed by atoms with Crippen molar-refractivity contribution in [3.63, 3.8) is 0 Å². The van der Waals surface area contributed by atoms with Gasteiger partial charge in [0.2, 0.25) is 0 Å². The molecule has 1 aromatic heterocycles. The van der Waals surface area contributed by atoms with E-state index >= 15 is 0 Å². The number of ketones is 2. The van der Waals surface area contributed by atoms with Crippen LogP contribution in [0.3, 0.4) is 0 Å². The molecule has 154 valence electrons. The number of nitrogens with zero attached hydrogens (tertiary/aromatic N) is 2. The zero-order valence-corrected chi connectivity index (χ0v) is 19.2. The van der Waals surface area contributed by atoms with Crippen molar-refractivity contribution in [1.29, 1.82) is 0 Å². The molecule has 0 amide bonds. The van der Waals surface area contributed by atoms with Gasteiger partial charge in [-0.1, -0.05) is 68.2 Å². The Kier molecular flexibility index (Phi) is 20.7. The van der Waals surface area contributed by atoms with Crippen LogP contribution in [0.4, 0.5) is 0 Å². The summed E-state index contributed by atoms with van der Waals surface area (Å²) in [6.45, 7) is 20.2. The lowest BCUT2D eigenvalue weighted by Gasteiger charge is -2.09. The molecule has 0 aliphatic rings. The molecule has 4 heteroatoms. The van der Waals surface area contributed by atoms with Gasteiger partial charge in [0.15, 0.2) is 0 Å². The Labute approximate surface area is 162 Å². The van der Waals surface area contributed by atoms with Crippen LogP contribution in [0.1, 0.15) is 87.8 Å². The van der Waals surface area contributed by atoms with E-state index in [-0.39, 0.29) is 11.6 Å². The number of hydrogen-bond acceptors (Lipinski definition) is 3. The van der Waals surface area contributed by atoms with Gasteiger partial charge >= 0.3 is 0 Å². The summed E-state index contributed by atoms with van der Waals surface area (Å²) in [6.07, 6.45) is 6.40. The Morgan fingerprint density at radius 1 is 0.962 bits per heavy atom. The minimum atomic E-state index is -0.523.